The quantitative estimate of drug-likeness (QED) is 0.638. The number of nitrogens with one attached hydrogen (secondary N) is 1. The van der Waals surface area contributed by atoms with Gasteiger partial charge in [0.15, 0.2) is 0 Å². The predicted octanol–water partition coefficient (Wildman–Crippen LogP) is 4.17. The van der Waals surface area contributed by atoms with Gasteiger partial charge in [-0.25, -0.2) is 0 Å². The summed E-state index contributed by atoms with van der Waals surface area (Å²) in [5, 5.41) is 0. The molecule has 3 N–H and O–H groups in total. The van der Waals surface area contributed by atoms with Gasteiger partial charge in [-0.3, -0.25) is 11.3 Å². The van der Waals surface area contributed by atoms with Crippen LogP contribution in [0.3, 0.4) is 0 Å². The van der Waals surface area contributed by atoms with E-state index in [0.717, 1.165) is 6.42 Å². The van der Waals surface area contributed by atoms with Crippen LogP contribution in [0.2, 0.25) is 0 Å². The van der Waals surface area contributed by atoms with Crippen LogP contribution in [0.5, 0.6) is 0 Å². The molecule has 0 bridgehead atoms. The molecule has 2 aromatic rings. The summed E-state index contributed by atoms with van der Waals surface area (Å²) in [6.45, 7) is 8.71. The minimum Gasteiger partial charge on any atom is -0.271 e. The van der Waals surface area contributed by atoms with Crippen LogP contribution < -0.4 is 11.3 Å². The van der Waals surface area contributed by atoms with Gasteiger partial charge in [-0.15, -0.1) is 0 Å². The van der Waals surface area contributed by atoms with E-state index < -0.39 is 0 Å². The molecule has 2 rings (SSSR count). The Morgan fingerprint density at radius 1 is 0.905 bits per heavy atom. The number of nitrogens with two attached hydrogens (primary N) is 1. The number of hydrogen-bond acceptors (Lipinski definition) is 2. The van der Waals surface area contributed by atoms with Crippen molar-refractivity contribution in [2.24, 2.45) is 5.84 Å². The Bertz CT molecular complexity index is 585. The van der Waals surface area contributed by atoms with Crippen molar-refractivity contribution >= 4 is 0 Å². The topological polar surface area (TPSA) is 38.0 Å². The minimum atomic E-state index is 0.147. The molecule has 1 atom stereocenters. The smallest absolute Gasteiger partial charge is 0.0500 e. The molecule has 2 aromatic carbocycles. The lowest BCUT2D eigenvalue weighted by molar-refractivity contribution is 0.551. The van der Waals surface area contributed by atoms with Gasteiger partial charge in [-0.2, -0.15) is 0 Å². The highest BCUT2D eigenvalue weighted by Gasteiger charge is 2.11. The Morgan fingerprint density at radius 3 is 2.05 bits per heavy atom. The molecular weight excluding hydrogens is 256 g/mol. The third-order valence-corrected chi connectivity index (χ3v) is 4.22. The first-order chi connectivity index (χ1) is 10.0. The van der Waals surface area contributed by atoms with Gasteiger partial charge in [0.2, 0.25) is 0 Å². The Hall–Kier alpha value is -1.64. The van der Waals surface area contributed by atoms with Crippen LogP contribution in [0.15, 0.2) is 42.5 Å². The molecule has 0 aromatic heterocycles. The van der Waals surface area contributed by atoms with Gasteiger partial charge in [0.25, 0.3) is 0 Å². The van der Waals surface area contributed by atoms with Crippen molar-refractivity contribution in [3.8, 4) is 0 Å². The Morgan fingerprint density at radius 2 is 1.52 bits per heavy atom. The zero-order valence-electron chi connectivity index (χ0n) is 13.5. The van der Waals surface area contributed by atoms with Crippen LogP contribution in [-0.2, 0) is 6.42 Å². The first-order valence-electron chi connectivity index (χ1n) is 7.63. The Balaban J connectivity index is 2.16. The lowest BCUT2D eigenvalue weighted by Gasteiger charge is -2.18. The van der Waals surface area contributed by atoms with Crippen molar-refractivity contribution in [1.82, 2.24) is 5.43 Å². The van der Waals surface area contributed by atoms with E-state index in [4.69, 9.17) is 5.84 Å². The maximum atomic E-state index is 5.77. The van der Waals surface area contributed by atoms with Crippen LogP contribution in [0, 0.1) is 13.8 Å². The van der Waals surface area contributed by atoms with Crippen molar-refractivity contribution in [3.63, 3.8) is 0 Å². The van der Waals surface area contributed by atoms with E-state index in [9.17, 15) is 0 Å². The van der Waals surface area contributed by atoms with Gasteiger partial charge in [-0.1, -0.05) is 56.3 Å². The molecule has 21 heavy (non-hydrogen) atoms. The maximum absolute atomic E-state index is 5.77. The molecule has 112 valence electrons. The monoisotopic (exact) mass is 282 g/mol. The summed E-state index contributed by atoms with van der Waals surface area (Å²) in [6.07, 6.45) is 0.900. The molecule has 0 amide bonds. The van der Waals surface area contributed by atoms with E-state index in [1.165, 1.54) is 27.8 Å². The first kappa shape index (κ1) is 15.7. The van der Waals surface area contributed by atoms with Gasteiger partial charge in [0, 0.05) is 6.04 Å². The number of benzene rings is 2. The summed E-state index contributed by atoms with van der Waals surface area (Å²) in [5.41, 5.74) is 9.50. The SMILES string of the molecule is Cc1ccc(C(Cc2ccc(C(C)C)cc2)NN)cc1C. The second kappa shape index (κ2) is 6.88. The van der Waals surface area contributed by atoms with E-state index in [1.54, 1.807) is 0 Å². The lowest BCUT2D eigenvalue weighted by atomic mass is 9.95. The van der Waals surface area contributed by atoms with Crippen LogP contribution in [0.4, 0.5) is 0 Å². The number of rotatable bonds is 5. The molecule has 0 spiro atoms. The van der Waals surface area contributed by atoms with E-state index in [-0.39, 0.29) is 6.04 Å². The predicted molar refractivity (Wildman–Crippen MR) is 90.2 cm³/mol. The van der Waals surface area contributed by atoms with Crippen LogP contribution in [-0.4, -0.2) is 0 Å². The van der Waals surface area contributed by atoms with E-state index in [2.05, 4.69) is 75.6 Å². The fourth-order valence-corrected chi connectivity index (χ4v) is 2.53. The molecular formula is C19H26N2. The highest BCUT2D eigenvalue weighted by molar-refractivity contribution is 5.33. The fraction of sp³-hybridized carbons (Fsp3) is 0.368. The average molecular weight is 282 g/mol. The summed E-state index contributed by atoms with van der Waals surface area (Å²) in [6, 6.07) is 15.5. The van der Waals surface area contributed by atoms with Gasteiger partial charge in [0.05, 0.1) is 0 Å². The number of hydrogen-bond donors (Lipinski definition) is 2. The lowest BCUT2D eigenvalue weighted by Crippen LogP contribution is -2.29. The van der Waals surface area contributed by atoms with Gasteiger partial charge in [-0.05, 0) is 54.0 Å². The van der Waals surface area contributed by atoms with Gasteiger partial charge in [0.1, 0.15) is 0 Å². The van der Waals surface area contributed by atoms with Gasteiger partial charge >= 0.3 is 0 Å². The maximum Gasteiger partial charge on any atom is 0.0500 e. The standard InChI is InChI=1S/C19H26N2/c1-13(2)17-9-6-16(7-10-17)12-19(21-20)18-8-5-14(3)15(4)11-18/h5-11,13,19,21H,12,20H2,1-4H3. The summed E-state index contributed by atoms with van der Waals surface area (Å²) in [5.74, 6) is 6.34. The zero-order chi connectivity index (χ0) is 15.4. The normalized spacial score (nSPS) is 12.7. The van der Waals surface area contributed by atoms with Crippen molar-refractivity contribution in [2.75, 3.05) is 0 Å². The van der Waals surface area contributed by atoms with Crippen molar-refractivity contribution in [1.29, 1.82) is 0 Å². The molecule has 0 fully saturated rings. The molecule has 0 aliphatic heterocycles. The fourth-order valence-electron chi connectivity index (χ4n) is 2.53. The van der Waals surface area contributed by atoms with E-state index in [0.29, 0.717) is 5.92 Å². The average Bonchev–Trinajstić information content (AvgIpc) is 2.48. The largest absolute Gasteiger partial charge is 0.271 e. The summed E-state index contributed by atoms with van der Waals surface area (Å²) in [7, 11) is 0. The highest BCUT2D eigenvalue weighted by Crippen LogP contribution is 2.22. The molecule has 1 unspecified atom stereocenters. The Labute approximate surface area is 128 Å². The summed E-state index contributed by atoms with van der Waals surface area (Å²) in [4.78, 5) is 0. The second-order valence-corrected chi connectivity index (χ2v) is 6.16. The molecule has 0 aliphatic carbocycles. The minimum absolute atomic E-state index is 0.147. The summed E-state index contributed by atoms with van der Waals surface area (Å²) >= 11 is 0. The Kier molecular flexibility index (Phi) is 5.16. The van der Waals surface area contributed by atoms with E-state index >= 15 is 0 Å². The van der Waals surface area contributed by atoms with Gasteiger partial charge < -0.3 is 0 Å². The molecule has 0 aliphatic rings. The van der Waals surface area contributed by atoms with Crippen LogP contribution in [0.1, 0.15) is 53.6 Å². The van der Waals surface area contributed by atoms with Crippen molar-refractivity contribution in [2.45, 2.75) is 46.1 Å². The number of hydrazine groups is 1. The summed E-state index contributed by atoms with van der Waals surface area (Å²) < 4.78 is 0. The third-order valence-electron chi connectivity index (χ3n) is 4.22. The highest BCUT2D eigenvalue weighted by atomic mass is 15.2. The van der Waals surface area contributed by atoms with Crippen LogP contribution >= 0.6 is 0 Å². The molecule has 0 saturated carbocycles. The molecule has 0 saturated heterocycles. The van der Waals surface area contributed by atoms with Crippen molar-refractivity contribution < 1.29 is 0 Å². The molecule has 0 heterocycles. The first-order valence-corrected chi connectivity index (χ1v) is 7.63. The van der Waals surface area contributed by atoms with Crippen LogP contribution in [0.25, 0.3) is 0 Å². The molecule has 2 heteroatoms. The number of aryl methyl sites for hydroxylation is 2. The van der Waals surface area contributed by atoms with E-state index in [1.807, 2.05) is 0 Å². The third kappa shape index (κ3) is 3.93. The molecule has 2 nitrogen and oxygen atoms in total. The zero-order valence-corrected chi connectivity index (χ0v) is 13.5. The van der Waals surface area contributed by atoms with Crippen molar-refractivity contribution in [3.05, 3.63) is 70.3 Å². The second-order valence-electron chi connectivity index (χ2n) is 6.16. The molecule has 0 radical (unpaired) electrons.